The fraction of sp³-hybridized carbons (Fsp3) is 1.00. The standard InChI is InChI=1S/C15H28S/c1-15(2)11-6-9-14(10-12-15)16-13-7-4-3-5-8-13/h13-14H,3-12H2,1-2H3. The Labute approximate surface area is 106 Å². The number of hydrogen-bond acceptors (Lipinski definition) is 1. The van der Waals surface area contributed by atoms with Gasteiger partial charge in [-0.15, -0.1) is 0 Å². The van der Waals surface area contributed by atoms with E-state index >= 15 is 0 Å². The van der Waals surface area contributed by atoms with Crippen molar-refractivity contribution in [2.24, 2.45) is 5.41 Å². The van der Waals surface area contributed by atoms with Gasteiger partial charge in [0.15, 0.2) is 0 Å². The van der Waals surface area contributed by atoms with Crippen LogP contribution in [0.15, 0.2) is 0 Å². The minimum absolute atomic E-state index is 0.627. The molecule has 0 amide bonds. The summed E-state index contributed by atoms with van der Waals surface area (Å²) in [5.74, 6) is 0. The number of hydrogen-bond donors (Lipinski definition) is 0. The summed E-state index contributed by atoms with van der Waals surface area (Å²) >= 11 is 2.36. The van der Waals surface area contributed by atoms with Crippen molar-refractivity contribution in [2.75, 3.05) is 0 Å². The summed E-state index contributed by atoms with van der Waals surface area (Å²) in [6.07, 6.45) is 14.8. The van der Waals surface area contributed by atoms with Crippen LogP contribution in [0.1, 0.15) is 78.1 Å². The Bertz CT molecular complexity index is 203. The zero-order valence-corrected chi connectivity index (χ0v) is 12.0. The maximum absolute atomic E-state index is 2.46. The van der Waals surface area contributed by atoms with Crippen molar-refractivity contribution in [3.63, 3.8) is 0 Å². The lowest BCUT2D eigenvalue weighted by Crippen LogP contribution is -2.14. The summed E-state index contributed by atoms with van der Waals surface area (Å²) in [7, 11) is 0. The molecule has 16 heavy (non-hydrogen) atoms. The molecule has 0 saturated heterocycles. The molecule has 0 N–H and O–H groups in total. The van der Waals surface area contributed by atoms with Gasteiger partial charge in [0, 0.05) is 10.5 Å². The van der Waals surface area contributed by atoms with Gasteiger partial charge >= 0.3 is 0 Å². The van der Waals surface area contributed by atoms with Crippen molar-refractivity contribution >= 4 is 11.8 Å². The first-order chi connectivity index (χ1) is 7.66. The summed E-state index contributed by atoms with van der Waals surface area (Å²) in [6, 6.07) is 0. The molecule has 2 fully saturated rings. The lowest BCUT2D eigenvalue weighted by Gasteiger charge is -2.26. The highest BCUT2D eigenvalue weighted by atomic mass is 32.2. The van der Waals surface area contributed by atoms with E-state index in [9.17, 15) is 0 Å². The smallest absolute Gasteiger partial charge is 0.00500 e. The summed E-state index contributed by atoms with van der Waals surface area (Å²) < 4.78 is 0. The molecule has 1 unspecified atom stereocenters. The molecule has 94 valence electrons. The Kier molecular flexibility index (Phi) is 4.64. The molecular formula is C15H28S. The minimum Gasteiger partial charge on any atom is -0.155 e. The van der Waals surface area contributed by atoms with Gasteiger partial charge in [0.25, 0.3) is 0 Å². The van der Waals surface area contributed by atoms with E-state index in [0.29, 0.717) is 5.41 Å². The second-order valence-corrected chi connectivity index (χ2v) is 8.22. The van der Waals surface area contributed by atoms with Crippen molar-refractivity contribution in [3.8, 4) is 0 Å². The van der Waals surface area contributed by atoms with E-state index in [1.807, 2.05) is 0 Å². The molecule has 0 radical (unpaired) electrons. The normalized spacial score (nSPS) is 32.2. The van der Waals surface area contributed by atoms with Crippen molar-refractivity contribution in [1.82, 2.24) is 0 Å². The van der Waals surface area contributed by atoms with E-state index in [0.717, 1.165) is 10.5 Å². The van der Waals surface area contributed by atoms with Gasteiger partial charge in [-0.3, -0.25) is 0 Å². The summed E-state index contributed by atoms with van der Waals surface area (Å²) in [4.78, 5) is 0. The highest BCUT2D eigenvalue weighted by molar-refractivity contribution is 8.00. The monoisotopic (exact) mass is 240 g/mol. The molecule has 2 aliphatic rings. The first-order valence-corrected chi connectivity index (χ1v) is 8.25. The van der Waals surface area contributed by atoms with E-state index in [2.05, 4.69) is 25.6 Å². The second kappa shape index (κ2) is 5.80. The van der Waals surface area contributed by atoms with Crippen LogP contribution in [0, 0.1) is 5.41 Å². The maximum atomic E-state index is 2.46. The van der Waals surface area contributed by atoms with Gasteiger partial charge in [0.2, 0.25) is 0 Å². The fourth-order valence-electron chi connectivity index (χ4n) is 3.24. The molecule has 0 aliphatic heterocycles. The summed E-state index contributed by atoms with van der Waals surface area (Å²) in [5, 5.41) is 2.00. The second-order valence-electron chi connectivity index (χ2n) is 6.61. The predicted molar refractivity (Wildman–Crippen MR) is 75.1 cm³/mol. The molecule has 0 bridgehead atoms. The predicted octanol–water partition coefficient (Wildman–Crippen LogP) is 5.41. The van der Waals surface area contributed by atoms with Crippen LogP contribution in [0.3, 0.4) is 0 Å². The van der Waals surface area contributed by atoms with Gasteiger partial charge in [0.05, 0.1) is 0 Å². The SMILES string of the molecule is CC1(C)CCCC(SC2CCCCC2)CC1. The van der Waals surface area contributed by atoms with Gasteiger partial charge in [-0.25, -0.2) is 0 Å². The fourth-order valence-corrected chi connectivity index (χ4v) is 4.95. The van der Waals surface area contributed by atoms with Crippen molar-refractivity contribution < 1.29 is 0 Å². The lowest BCUT2D eigenvalue weighted by atomic mass is 9.85. The Morgan fingerprint density at radius 1 is 0.750 bits per heavy atom. The Hall–Kier alpha value is 0.350. The van der Waals surface area contributed by atoms with Crippen LogP contribution in [0.5, 0.6) is 0 Å². The number of rotatable bonds is 2. The average molecular weight is 240 g/mol. The quantitative estimate of drug-likeness (QED) is 0.581. The van der Waals surface area contributed by atoms with Crippen LogP contribution in [0.2, 0.25) is 0 Å². The first-order valence-electron chi connectivity index (χ1n) is 7.31. The van der Waals surface area contributed by atoms with Crippen LogP contribution in [-0.2, 0) is 0 Å². The third-order valence-corrected chi connectivity index (χ3v) is 6.17. The van der Waals surface area contributed by atoms with Crippen LogP contribution in [0.25, 0.3) is 0 Å². The van der Waals surface area contributed by atoms with Crippen molar-refractivity contribution in [2.45, 2.75) is 88.6 Å². The topological polar surface area (TPSA) is 0 Å². The number of thioether (sulfide) groups is 1. The van der Waals surface area contributed by atoms with Crippen molar-refractivity contribution in [1.29, 1.82) is 0 Å². The lowest BCUT2D eigenvalue weighted by molar-refractivity contribution is 0.315. The molecule has 1 heteroatoms. The third-order valence-electron chi connectivity index (χ3n) is 4.46. The Morgan fingerprint density at radius 3 is 2.12 bits per heavy atom. The minimum atomic E-state index is 0.627. The molecule has 0 aromatic carbocycles. The van der Waals surface area contributed by atoms with E-state index in [4.69, 9.17) is 0 Å². The molecule has 0 aromatic rings. The van der Waals surface area contributed by atoms with Gasteiger partial charge in [-0.2, -0.15) is 11.8 Å². The Balaban J connectivity index is 1.76. The Morgan fingerprint density at radius 2 is 1.38 bits per heavy atom. The largest absolute Gasteiger partial charge is 0.155 e. The van der Waals surface area contributed by atoms with E-state index in [-0.39, 0.29) is 0 Å². The van der Waals surface area contributed by atoms with Gasteiger partial charge in [-0.05, 0) is 43.9 Å². The highest BCUT2D eigenvalue weighted by Gasteiger charge is 2.26. The van der Waals surface area contributed by atoms with E-state index in [1.165, 1.54) is 64.2 Å². The molecule has 2 rings (SSSR count). The summed E-state index contributed by atoms with van der Waals surface area (Å²) in [5.41, 5.74) is 0.627. The molecular weight excluding hydrogens is 212 g/mol. The van der Waals surface area contributed by atoms with Crippen LogP contribution in [-0.4, -0.2) is 10.5 Å². The summed E-state index contributed by atoms with van der Waals surface area (Å²) in [6.45, 7) is 4.92. The van der Waals surface area contributed by atoms with Gasteiger partial charge in [0.1, 0.15) is 0 Å². The van der Waals surface area contributed by atoms with Crippen LogP contribution < -0.4 is 0 Å². The molecule has 2 saturated carbocycles. The van der Waals surface area contributed by atoms with Gasteiger partial charge in [-0.1, -0.05) is 39.5 Å². The molecule has 0 aromatic heterocycles. The molecule has 0 nitrogen and oxygen atoms in total. The van der Waals surface area contributed by atoms with Crippen LogP contribution >= 0.6 is 11.8 Å². The third kappa shape index (κ3) is 3.98. The molecule has 2 aliphatic carbocycles. The zero-order chi connectivity index (χ0) is 11.4. The first kappa shape index (κ1) is 12.8. The molecule has 0 spiro atoms. The van der Waals surface area contributed by atoms with E-state index < -0.39 is 0 Å². The molecule has 1 atom stereocenters. The maximum Gasteiger partial charge on any atom is 0.00500 e. The zero-order valence-electron chi connectivity index (χ0n) is 11.1. The molecule has 0 heterocycles. The van der Waals surface area contributed by atoms with Gasteiger partial charge < -0.3 is 0 Å². The van der Waals surface area contributed by atoms with Crippen LogP contribution in [0.4, 0.5) is 0 Å². The average Bonchev–Trinajstić information content (AvgIpc) is 2.42. The highest BCUT2D eigenvalue weighted by Crippen LogP contribution is 2.41. The van der Waals surface area contributed by atoms with Crippen molar-refractivity contribution in [3.05, 3.63) is 0 Å². The van der Waals surface area contributed by atoms with E-state index in [1.54, 1.807) is 0 Å².